The third kappa shape index (κ3) is 2.72. The predicted octanol–water partition coefficient (Wildman–Crippen LogP) is 5.08. The van der Waals surface area contributed by atoms with Gasteiger partial charge in [0.25, 0.3) is 0 Å². The van der Waals surface area contributed by atoms with Gasteiger partial charge in [-0.25, -0.2) is 4.68 Å². The molecule has 0 fully saturated rings. The summed E-state index contributed by atoms with van der Waals surface area (Å²) < 4.78 is 1.68. The first kappa shape index (κ1) is 14.3. The van der Waals surface area contributed by atoms with Gasteiger partial charge in [-0.15, -0.1) is 0 Å². The first-order valence-corrected chi connectivity index (χ1v) is 7.25. The van der Waals surface area contributed by atoms with Crippen LogP contribution in [0.25, 0.3) is 16.9 Å². The average molecular weight is 339 g/mol. The Kier molecular flexibility index (Phi) is 3.81. The van der Waals surface area contributed by atoms with Gasteiger partial charge in [0.1, 0.15) is 5.69 Å². The average Bonchev–Trinajstić information content (AvgIpc) is 2.84. The predicted molar refractivity (Wildman–Crippen MR) is 88.4 cm³/mol. The lowest BCUT2D eigenvalue weighted by Crippen LogP contribution is -1.94. The summed E-state index contributed by atoms with van der Waals surface area (Å²) in [6, 6.07) is 12.7. The molecule has 0 aliphatic heterocycles. The Labute approximate surface area is 136 Å². The van der Waals surface area contributed by atoms with Crippen LogP contribution in [0.1, 0.15) is 0 Å². The van der Waals surface area contributed by atoms with E-state index in [1.807, 2.05) is 24.3 Å². The number of nitrogens with zero attached hydrogens (tertiary/aromatic N) is 2. The molecule has 0 atom stereocenters. The molecule has 106 valence electrons. The van der Waals surface area contributed by atoms with E-state index in [-0.39, 0.29) is 0 Å². The van der Waals surface area contributed by atoms with Crippen LogP contribution in [0.3, 0.4) is 0 Å². The molecule has 3 rings (SSSR count). The number of nitrogens with two attached hydrogens (primary N) is 1. The van der Waals surface area contributed by atoms with E-state index in [1.165, 1.54) is 0 Å². The van der Waals surface area contributed by atoms with E-state index in [1.54, 1.807) is 29.1 Å². The third-order valence-corrected chi connectivity index (χ3v) is 4.11. The Bertz CT molecular complexity index is 794. The second-order valence-corrected chi connectivity index (χ2v) is 5.68. The fourth-order valence-corrected chi connectivity index (χ4v) is 2.53. The van der Waals surface area contributed by atoms with Crippen LogP contribution in [0.15, 0.2) is 48.7 Å². The quantitative estimate of drug-likeness (QED) is 0.708. The van der Waals surface area contributed by atoms with Gasteiger partial charge in [0.2, 0.25) is 0 Å². The molecular weight excluding hydrogens is 329 g/mol. The first-order chi connectivity index (χ1) is 10.1. The highest BCUT2D eigenvalue weighted by atomic mass is 35.5. The molecule has 0 amide bonds. The molecule has 1 aromatic heterocycles. The number of halogens is 3. The van der Waals surface area contributed by atoms with Crippen LogP contribution in [0, 0.1) is 0 Å². The zero-order chi connectivity index (χ0) is 15.0. The Morgan fingerprint density at radius 2 is 1.67 bits per heavy atom. The molecule has 0 aliphatic rings. The fourth-order valence-electron chi connectivity index (χ4n) is 2.01. The van der Waals surface area contributed by atoms with Crippen molar-refractivity contribution in [2.24, 2.45) is 0 Å². The van der Waals surface area contributed by atoms with Gasteiger partial charge in [0, 0.05) is 10.6 Å². The van der Waals surface area contributed by atoms with Crippen molar-refractivity contribution in [2.45, 2.75) is 0 Å². The molecule has 0 bridgehead atoms. The summed E-state index contributed by atoms with van der Waals surface area (Å²) in [6.07, 6.45) is 1.73. The minimum Gasteiger partial charge on any atom is -0.396 e. The number of nitrogen functional groups attached to an aromatic ring is 1. The van der Waals surface area contributed by atoms with Gasteiger partial charge >= 0.3 is 0 Å². The maximum absolute atomic E-state index is 6.22. The highest BCUT2D eigenvalue weighted by Crippen LogP contribution is 2.35. The van der Waals surface area contributed by atoms with Gasteiger partial charge in [0.05, 0.1) is 27.6 Å². The van der Waals surface area contributed by atoms with Crippen LogP contribution >= 0.6 is 34.8 Å². The van der Waals surface area contributed by atoms with E-state index in [0.29, 0.717) is 32.0 Å². The lowest BCUT2D eigenvalue weighted by molar-refractivity contribution is 0.884. The molecule has 0 spiro atoms. The lowest BCUT2D eigenvalue weighted by atomic mass is 10.1. The second kappa shape index (κ2) is 5.60. The van der Waals surface area contributed by atoms with Crippen molar-refractivity contribution < 1.29 is 0 Å². The molecule has 2 aromatic carbocycles. The fraction of sp³-hybridized carbons (Fsp3) is 0. The summed E-state index contributed by atoms with van der Waals surface area (Å²) in [6.45, 7) is 0. The highest BCUT2D eigenvalue weighted by Gasteiger charge is 2.14. The SMILES string of the molecule is Nc1cn(-c2ccc(Cl)cc2)nc1-c1cccc(Cl)c1Cl. The zero-order valence-electron chi connectivity index (χ0n) is 10.7. The van der Waals surface area contributed by atoms with Gasteiger partial charge in [-0.2, -0.15) is 5.10 Å². The molecule has 0 unspecified atom stereocenters. The smallest absolute Gasteiger partial charge is 0.117 e. The minimum atomic E-state index is 0.437. The molecule has 3 aromatic rings. The van der Waals surface area contributed by atoms with E-state index in [0.717, 1.165) is 5.69 Å². The minimum absolute atomic E-state index is 0.437. The largest absolute Gasteiger partial charge is 0.396 e. The van der Waals surface area contributed by atoms with Crippen molar-refractivity contribution in [3.63, 3.8) is 0 Å². The van der Waals surface area contributed by atoms with Gasteiger partial charge < -0.3 is 5.73 Å². The van der Waals surface area contributed by atoms with Crippen molar-refractivity contribution in [1.82, 2.24) is 9.78 Å². The van der Waals surface area contributed by atoms with Gasteiger partial charge in [-0.3, -0.25) is 0 Å². The first-order valence-electron chi connectivity index (χ1n) is 6.12. The summed E-state index contributed by atoms with van der Waals surface area (Å²) in [4.78, 5) is 0. The Balaban J connectivity index is 2.10. The third-order valence-electron chi connectivity index (χ3n) is 3.04. The number of rotatable bonds is 2. The summed E-state index contributed by atoms with van der Waals surface area (Å²) in [5.74, 6) is 0. The summed E-state index contributed by atoms with van der Waals surface area (Å²) >= 11 is 18.1. The van der Waals surface area contributed by atoms with Crippen LogP contribution in [0.5, 0.6) is 0 Å². The number of hydrogen-bond acceptors (Lipinski definition) is 2. The number of hydrogen-bond donors (Lipinski definition) is 1. The Morgan fingerprint density at radius 3 is 2.38 bits per heavy atom. The summed E-state index contributed by atoms with van der Waals surface area (Å²) in [7, 11) is 0. The van der Waals surface area contributed by atoms with Crippen molar-refractivity contribution in [1.29, 1.82) is 0 Å². The molecule has 0 saturated carbocycles. The van der Waals surface area contributed by atoms with E-state index in [2.05, 4.69) is 5.10 Å². The van der Waals surface area contributed by atoms with Gasteiger partial charge in [-0.05, 0) is 30.3 Å². The highest BCUT2D eigenvalue weighted by molar-refractivity contribution is 6.43. The van der Waals surface area contributed by atoms with E-state index in [9.17, 15) is 0 Å². The monoisotopic (exact) mass is 337 g/mol. The number of benzene rings is 2. The molecule has 0 radical (unpaired) electrons. The lowest BCUT2D eigenvalue weighted by Gasteiger charge is -2.04. The Morgan fingerprint density at radius 1 is 0.952 bits per heavy atom. The van der Waals surface area contributed by atoms with Crippen LogP contribution in [0.2, 0.25) is 15.1 Å². The summed E-state index contributed by atoms with van der Waals surface area (Å²) in [5, 5.41) is 6.06. The molecule has 6 heteroatoms. The van der Waals surface area contributed by atoms with E-state index >= 15 is 0 Å². The van der Waals surface area contributed by atoms with Gasteiger partial charge in [0.15, 0.2) is 0 Å². The maximum Gasteiger partial charge on any atom is 0.117 e. The molecular formula is C15H10Cl3N3. The molecule has 0 saturated heterocycles. The topological polar surface area (TPSA) is 43.8 Å². The van der Waals surface area contributed by atoms with Crippen LogP contribution in [0.4, 0.5) is 5.69 Å². The molecule has 0 aliphatic carbocycles. The van der Waals surface area contributed by atoms with Crippen LogP contribution < -0.4 is 5.73 Å². The van der Waals surface area contributed by atoms with E-state index < -0.39 is 0 Å². The molecule has 3 nitrogen and oxygen atoms in total. The van der Waals surface area contributed by atoms with Crippen LogP contribution in [-0.2, 0) is 0 Å². The molecule has 1 heterocycles. The maximum atomic E-state index is 6.22. The van der Waals surface area contributed by atoms with Crippen LogP contribution in [-0.4, -0.2) is 9.78 Å². The van der Waals surface area contributed by atoms with Crippen molar-refractivity contribution >= 4 is 40.5 Å². The zero-order valence-corrected chi connectivity index (χ0v) is 13.0. The molecule has 2 N–H and O–H groups in total. The number of aromatic nitrogens is 2. The second-order valence-electron chi connectivity index (χ2n) is 4.46. The van der Waals surface area contributed by atoms with Crippen molar-refractivity contribution in [2.75, 3.05) is 5.73 Å². The summed E-state index contributed by atoms with van der Waals surface area (Å²) in [5.41, 5.74) is 8.73. The van der Waals surface area contributed by atoms with Crippen molar-refractivity contribution in [3.8, 4) is 16.9 Å². The van der Waals surface area contributed by atoms with Crippen molar-refractivity contribution in [3.05, 3.63) is 63.7 Å². The molecule has 21 heavy (non-hydrogen) atoms. The van der Waals surface area contributed by atoms with E-state index in [4.69, 9.17) is 40.5 Å². The number of anilines is 1. The normalized spacial score (nSPS) is 10.8. The van der Waals surface area contributed by atoms with Gasteiger partial charge in [-0.1, -0.05) is 46.9 Å². The standard InChI is InChI=1S/C15H10Cl3N3/c16-9-4-6-10(7-5-9)21-8-13(19)15(20-21)11-2-1-3-12(17)14(11)18/h1-8H,19H2. The Hall–Kier alpha value is -1.68.